The number of nitriles is 1. The minimum absolute atomic E-state index is 0.161. The molecule has 0 bridgehead atoms. The summed E-state index contributed by atoms with van der Waals surface area (Å²) in [4.78, 5) is 16.7. The summed E-state index contributed by atoms with van der Waals surface area (Å²) < 4.78 is 1.61. The first-order valence-corrected chi connectivity index (χ1v) is 6.64. The Labute approximate surface area is 121 Å². The Kier molecular flexibility index (Phi) is 3.25. The second-order valence-corrected chi connectivity index (χ2v) is 4.88. The van der Waals surface area contributed by atoms with Gasteiger partial charge in [0.25, 0.3) is 5.56 Å². The molecule has 0 saturated carbocycles. The van der Waals surface area contributed by atoms with Crippen molar-refractivity contribution in [2.75, 3.05) is 0 Å². The third kappa shape index (κ3) is 2.30. The van der Waals surface area contributed by atoms with E-state index < -0.39 is 0 Å². The number of aromatic nitrogens is 2. The summed E-state index contributed by atoms with van der Waals surface area (Å²) in [5, 5.41) is 10.0. The molecular formula is C17H13N3O. The summed E-state index contributed by atoms with van der Waals surface area (Å²) in [6.07, 6.45) is 1.74. The van der Waals surface area contributed by atoms with E-state index in [0.29, 0.717) is 6.54 Å². The molecule has 21 heavy (non-hydrogen) atoms. The monoisotopic (exact) mass is 275 g/mol. The first kappa shape index (κ1) is 13.1. The van der Waals surface area contributed by atoms with E-state index in [1.165, 1.54) is 0 Å². The SMILES string of the molecule is Cc1ccc(C#N)c(=O)n1Cc1cccc2cccnc12. The zero-order chi connectivity index (χ0) is 14.8. The van der Waals surface area contributed by atoms with Gasteiger partial charge in [0.2, 0.25) is 0 Å². The van der Waals surface area contributed by atoms with Crippen LogP contribution in [0.4, 0.5) is 0 Å². The van der Waals surface area contributed by atoms with E-state index >= 15 is 0 Å². The van der Waals surface area contributed by atoms with Gasteiger partial charge in [-0.1, -0.05) is 24.3 Å². The van der Waals surface area contributed by atoms with Crippen molar-refractivity contribution in [3.8, 4) is 6.07 Å². The van der Waals surface area contributed by atoms with Crippen molar-refractivity contribution in [3.63, 3.8) is 0 Å². The van der Waals surface area contributed by atoms with Gasteiger partial charge in [0.05, 0.1) is 12.1 Å². The number of hydrogen-bond acceptors (Lipinski definition) is 3. The Morgan fingerprint density at radius 2 is 2.00 bits per heavy atom. The van der Waals surface area contributed by atoms with Crippen LogP contribution in [0.3, 0.4) is 0 Å². The molecule has 0 unspecified atom stereocenters. The second kappa shape index (κ2) is 5.22. The van der Waals surface area contributed by atoms with E-state index in [1.54, 1.807) is 22.9 Å². The predicted molar refractivity (Wildman–Crippen MR) is 81.0 cm³/mol. The molecule has 1 aromatic carbocycles. The lowest BCUT2D eigenvalue weighted by Gasteiger charge is -2.11. The highest BCUT2D eigenvalue weighted by atomic mass is 16.1. The number of fused-ring (bicyclic) bond motifs is 1. The number of aryl methyl sites for hydroxylation is 1. The Morgan fingerprint density at radius 3 is 2.81 bits per heavy atom. The standard InChI is InChI=1S/C17H13N3O/c1-12-7-8-14(10-18)17(21)20(12)11-15-5-2-4-13-6-3-9-19-16(13)15/h2-9H,11H2,1H3. The summed E-state index contributed by atoms with van der Waals surface area (Å²) in [6.45, 7) is 2.27. The number of nitrogens with zero attached hydrogens (tertiary/aromatic N) is 3. The first-order chi connectivity index (χ1) is 10.2. The molecule has 0 saturated heterocycles. The van der Waals surface area contributed by atoms with Gasteiger partial charge in [0.15, 0.2) is 0 Å². The fourth-order valence-corrected chi connectivity index (χ4v) is 2.42. The largest absolute Gasteiger partial charge is 0.307 e. The number of benzene rings is 1. The van der Waals surface area contributed by atoms with Crippen LogP contribution < -0.4 is 5.56 Å². The number of hydrogen-bond donors (Lipinski definition) is 0. The molecule has 2 aromatic heterocycles. The topological polar surface area (TPSA) is 58.7 Å². The highest BCUT2D eigenvalue weighted by molar-refractivity contribution is 5.81. The zero-order valence-corrected chi connectivity index (χ0v) is 11.6. The molecule has 102 valence electrons. The average molecular weight is 275 g/mol. The van der Waals surface area contributed by atoms with E-state index in [4.69, 9.17) is 5.26 Å². The molecule has 0 aliphatic heterocycles. The van der Waals surface area contributed by atoms with Gasteiger partial charge in [0, 0.05) is 17.3 Å². The highest BCUT2D eigenvalue weighted by Crippen LogP contribution is 2.17. The van der Waals surface area contributed by atoms with Crippen molar-refractivity contribution in [3.05, 3.63) is 75.8 Å². The minimum Gasteiger partial charge on any atom is -0.307 e. The number of rotatable bonds is 2. The summed E-state index contributed by atoms with van der Waals surface area (Å²) in [6, 6.07) is 15.1. The van der Waals surface area contributed by atoms with Crippen molar-refractivity contribution in [1.29, 1.82) is 5.26 Å². The van der Waals surface area contributed by atoms with Crippen molar-refractivity contribution in [1.82, 2.24) is 9.55 Å². The predicted octanol–water partition coefficient (Wildman–Crippen LogP) is 2.62. The van der Waals surface area contributed by atoms with Crippen molar-refractivity contribution in [2.24, 2.45) is 0 Å². The summed E-state index contributed by atoms with van der Waals surface area (Å²) >= 11 is 0. The van der Waals surface area contributed by atoms with E-state index in [-0.39, 0.29) is 11.1 Å². The summed E-state index contributed by atoms with van der Waals surface area (Å²) in [5.74, 6) is 0. The van der Waals surface area contributed by atoms with Crippen LogP contribution >= 0.6 is 0 Å². The lowest BCUT2D eigenvalue weighted by molar-refractivity contribution is 0.730. The molecule has 2 heterocycles. The van der Waals surface area contributed by atoms with Crippen LogP contribution in [0.15, 0.2) is 53.5 Å². The summed E-state index contributed by atoms with van der Waals surface area (Å²) in [7, 11) is 0. The second-order valence-electron chi connectivity index (χ2n) is 4.88. The normalized spacial score (nSPS) is 10.5. The van der Waals surface area contributed by atoms with E-state index in [2.05, 4.69) is 4.98 Å². The highest BCUT2D eigenvalue weighted by Gasteiger charge is 2.08. The lowest BCUT2D eigenvalue weighted by atomic mass is 10.1. The van der Waals surface area contributed by atoms with E-state index in [1.807, 2.05) is 43.3 Å². The van der Waals surface area contributed by atoms with E-state index in [9.17, 15) is 4.79 Å². The van der Waals surface area contributed by atoms with Gasteiger partial charge in [-0.25, -0.2) is 0 Å². The fraction of sp³-hybridized carbons (Fsp3) is 0.118. The zero-order valence-electron chi connectivity index (χ0n) is 11.6. The average Bonchev–Trinajstić information content (AvgIpc) is 2.52. The minimum atomic E-state index is -0.259. The van der Waals surface area contributed by atoms with Gasteiger partial charge in [-0.15, -0.1) is 0 Å². The molecule has 0 aliphatic rings. The maximum Gasteiger partial charge on any atom is 0.268 e. The molecular weight excluding hydrogens is 262 g/mol. The fourth-order valence-electron chi connectivity index (χ4n) is 2.42. The lowest BCUT2D eigenvalue weighted by Crippen LogP contribution is -2.25. The molecule has 0 atom stereocenters. The van der Waals surface area contributed by atoms with Crippen LogP contribution in [-0.2, 0) is 6.54 Å². The first-order valence-electron chi connectivity index (χ1n) is 6.64. The van der Waals surface area contributed by atoms with Crippen molar-refractivity contribution >= 4 is 10.9 Å². The van der Waals surface area contributed by atoms with Gasteiger partial charge in [-0.2, -0.15) is 5.26 Å². The molecule has 0 amide bonds. The molecule has 4 heteroatoms. The van der Waals surface area contributed by atoms with Crippen molar-refractivity contribution in [2.45, 2.75) is 13.5 Å². The third-order valence-corrected chi connectivity index (χ3v) is 3.56. The number of para-hydroxylation sites is 1. The van der Waals surface area contributed by atoms with Crippen LogP contribution in [0.1, 0.15) is 16.8 Å². The Bertz CT molecular complexity index is 914. The molecule has 4 nitrogen and oxygen atoms in total. The molecule has 0 fully saturated rings. The third-order valence-electron chi connectivity index (χ3n) is 3.56. The van der Waals surface area contributed by atoms with Gasteiger partial charge in [0.1, 0.15) is 11.6 Å². The van der Waals surface area contributed by atoms with Gasteiger partial charge < -0.3 is 4.57 Å². The quantitative estimate of drug-likeness (QED) is 0.722. The Morgan fingerprint density at radius 1 is 1.19 bits per heavy atom. The smallest absolute Gasteiger partial charge is 0.268 e. The maximum atomic E-state index is 12.3. The molecule has 0 spiro atoms. The summed E-state index contributed by atoms with van der Waals surface area (Å²) in [5.41, 5.74) is 2.58. The van der Waals surface area contributed by atoms with Crippen LogP contribution in [0.2, 0.25) is 0 Å². The number of pyridine rings is 2. The van der Waals surface area contributed by atoms with E-state index in [0.717, 1.165) is 22.2 Å². The van der Waals surface area contributed by atoms with Gasteiger partial charge in [-0.05, 0) is 30.7 Å². The van der Waals surface area contributed by atoms with Crippen LogP contribution in [0, 0.1) is 18.3 Å². The van der Waals surface area contributed by atoms with Crippen LogP contribution in [-0.4, -0.2) is 9.55 Å². The van der Waals surface area contributed by atoms with Crippen LogP contribution in [0.5, 0.6) is 0 Å². The Balaban J connectivity index is 2.16. The molecule has 0 radical (unpaired) electrons. The maximum absolute atomic E-state index is 12.3. The molecule has 3 aromatic rings. The molecule has 0 aliphatic carbocycles. The Hall–Kier alpha value is -2.93. The molecule has 0 N–H and O–H groups in total. The van der Waals surface area contributed by atoms with Crippen molar-refractivity contribution < 1.29 is 0 Å². The van der Waals surface area contributed by atoms with Gasteiger partial charge >= 0.3 is 0 Å². The van der Waals surface area contributed by atoms with Crippen LogP contribution in [0.25, 0.3) is 10.9 Å². The molecule has 3 rings (SSSR count). The van der Waals surface area contributed by atoms with Gasteiger partial charge in [-0.3, -0.25) is 9.78 Å².